The third-order valence-electron chi connectivity index (χ3n) is 3.83. The SMILES string of the molecule is CCn1nc(C)c(Br)c1CN1CCCC(COC)C1. The van der Waals surface area contributed by atoms with E-state index >= 15 is 0 Å². The second-order valence-electron chi connectivity index (χ2n) is 5.36. The lowest BCUT2D eigenvalue weighted by Crippen LogP contribution is -2.37. The fraction of sp³-hybridized carbons (Fsp3) is 0.786. The van der Waals surface area contributed by atoms with Gasteiger partial charge in [-0.15, -0.1) is 0 Å². The van der Waals surface area contributed by atoms with Crippen LogP contribution >= 0.6 is 15.9 Å². The molecule has 1 aromatic rings. The summed E-state index contributed by atoms with van der Waals surface area (Å²) in [6, 6.07) is 0. The van der Waals surface area contributed by atoms with Gasteiger partial charge in [-0.25, -0.2) is 0 Å². The van der Waals surface area contributed by atoms with Crippen molar-refractivity contribution in [3.8, 4) is 0 Å². The van der Waals surface area contributed by atoms with Crippen LogP contribution in [0.3, 0.4) is 0 Å². The first kappa shape index (κ1) is 15.0. The molecule has 1 saturated heterocycles. The Morgan fingerprint density at radius 1 is 1.47 bits per heavy atom. The van der Waals surface area contributed by atoms with E-state index in [9.17, 15) is 0 Å². The van der Waals surface area contributed by atoms with Crippen molar-refractivity contribution in [2.24, 2.45) is 5.92 Å². The average Bonchev–Trinajstić information content (AvgIpc) is 2.67. The van der Waals surface area contributed by atoms with Gasteiger partial charge in [0.1, 0.15) is 0 Å². The Bertz CT molecular complexity index is 417. The Hall–Kier alpha value is -0.390. The number of aromatic nitrogens is 2. The molecule has 1 unspecified atom stereocenters. The summed E-state index contributed by atoms with van der Waals surface area (Å²) in [6.45, 7) is 9.31. The summed E-state index contributed by atoms with van der Waals surface area (Å²) >= 11 is 3.68. The molecule has 1 aromatic heterocycles. The van der Waals surface area contributed by atoms with Crippen molar-refractivity contribution in [1.82, 2.24) is 14.7 Å². The zero-order chi connectivity index (χ0) is 13.8. The molecule has 0 bridgehead atoms. The lowest BCUT2D eigenvalue weighted by atomic mass is 9.99. The summed E-state index contributed by atoms with van der Waals surface area (Å²) in [5, 5.41) is 4.57. The van der Waals surface area contributed by atoms with Crippen LogP contribution in [-0.2, 0) is 17.8 Å². The number of nitrogens with zero attached hydrogens (tertiary/aromatic N) is 3. The van der Waals surface area contributed by atoms with Gasteiger partial charge in [0.2, 0.25) is 0 Å². The van der Waals surface area contributed by atoms with E-state index in [1.54, 1.807) is 7.11 Å². The molecule has 0 N–H and O–H groups in total. The maximum Gasteiger partial charge on any atom is 0.0739 e. The highest BCUT2D eigenvalue weighted by Crippen LogP contribution is 2.25. The van der Waals surface area contributed by atoms with Gasteiger partial charge in [0, 0.05) is 26.7 Å². The molecule has 0 amide bonds. The van der Waals surface area contributed by atoms with Gasteiger partial charge in [-0.2, -0.15) is 5.10 Å². The minimum absolute atomic E-state index is 0.677. The van der Waals surface area contributed by atoms with Crippen molar-refractivity contribution in [3.05, 3.63) is 15.9 Å². The second kappa shape index (κ2) is 6.86. The number of hydrogen-bond donors (Lipinski definition) is 0. The van der Waals surface area contributed by atoms with Gasteiger partial charge in [-0.3, -0.25) is 9.58 Å². The summed E-state index contributed by atoms with van der Waals surface area (Å²) in [7, 11) is 1.80. The summed E-state index contributed by atoms with van der Waals surface area (Å²) in [6.07, 6.45) is 2.56. The van der Waals surface area contributed by atoms with Gasteiger partial charge < -0.3 is 4.74 Å². The van der Waals surface area contributed by atoms with Crippen molar-refractivity contribution >= 4 is 15.9 Å². The van der Waals surface area contributed by atoms with Crippen LogP contribution in [-0.4, -0.2) is 41.5 Å². The molecule has 0 radical (unpaired) electrons. The molecule has 1 fully saturated rings. The molecule has 2 heterocycles. The fourth-order valence-electron chi connectivity index (χ4n) is 2.90. The van der Waals surface area contributed by atoms with Crippen LogP contribution in [0.15, 0.2) is 4.47 Å². The van der Waals surface area contributed by atoms with E-state index in [4.69, 9.17) is 4.74 Å². The molecule has 1 aliphatic rings. The van der Waals surface area contributed by atoms with E-state index < -0.39 is 0 Å². The Balaban J connectivity index is 2.04. The quantitative estimate of drug-likeness (QED) is 0.832. The average molecular weight is 330 g/mol. The number of methoxy groups -OCH3 is 1. The Labute approximate surface area is 124 Å². The Kier molecular flexibility index (Phi) is 5.42. The van der Waals surface area contributed by atoms with Gasteiger partial charge in [-0.05, 0) is 55.1 Å². The largest absolute Gasteiger partial charge is 0.384 e. The number of piperidine rings is 1. The van der Waals surface area contributed by atoms with Crippen molar-refractivity contribution in [2.45, 2.75) is 39.8 Å². The smallest absolute Gasteiger partial charge is 0.0739 e. The van der Waals surface area contributed by atoms with Gasteiger partial charge >= 0.3 is 0 Å². The van der Waals surface area contributed by atoms with Crippen LogP contribution in [0.2, 0.25) is 0 Å². The maximum absolute atomic E-state index is 5.30. The molecular weight excluding hydrogens is 306 g/mol. The van der Waals surface area contributed by atoms with E-state index in [2.05, 4.69) is 44.5 Å². The van der Waals surface area contributed by atoms with Crippen LogP contribution in [0.4, 0.5) is 0 Å². The minimum atomic E-state index is 0.677. The van der Waals surface area contributed by atoms with E-state index in [1.807, 2.05) is 0 Å². The van der Waals surface area contributed by atoms with Crippen molar-refractivity contribution in [1.29, 1.82) is 0 Å². The van der Waals surface area contributed by atoms with Gasteiger partial charge in [-0.1, -0.05) is 0 Å². The van der Waals surface area contributed by atoms with Gasteiger partial charge in [0.05, 0.1) is 22.5 Å². The number of ether oxygens (including phenoxy) is 1. The fourth-order valence-corrected chi connectivity index (χ4v) is 3.31. The second-order valence-corrected chi connectivity index (χ2v) is 6.15. The van der Waals surface area contributed by atoms with Crippen LogP contribution in [0.25, 0.3) is 0 Å². The molecule has 2 rings (SSSR count). The van der Waals surface area contributed by atoms with Crippen molar-refractivity contribution in [3.63, 3.8) is 0 Å². The third-order valence-corrected chi connectivity index (χ3v) is 4.86. The number of likely N-dealkylation sites (tertiary alicyclic amines) is 1. The zero-order valence-corrected chi connectivity index (χ0v) is 13.7. The number of aryl methyl sites for hydroxylation is 2. The first-order chi connectivity index (χ1) is 9.15. The monoisotopic (exact) mass is 329 g/mol. The van der Waals surface area contributed by atoms with Crippen LogP contribution < -0.4 is 0 Å². The molecule has 0 saturated carbocycles. The molecule has 108 valence electrons. The summed E-state index contributed by atoms with van der Waals surface area (Å²) in [5.74, 6) is 0.677. The topological polar surface area (TPSA) is 30.3 Å². The van der Waals surface area contributed by atoms with Crippen LogP contribution in [0, 0.1) is 12.8 Å². The van der Waals surface area contributed by atoms with Crippen LogP contribution in [0.5, 0.6) is 0 Å². The summed E-state index contributed by atoms with van der Waals surface area (Å²) in [5.41, 5.74) is 2.39. The van der Waals surface area contributed by atoms with Crippen LogP contribution in [0.1, 0.15) is 31.2 Å². The summed E-state index contributed by atoms with van der Waals surface area (Å²) in [4.78, 5) is 2.53. The maximum atomic E-state index is 5.30. The van der Waals surface area contributed by atoms with Crippen molar-refractivity contribution < 1.29 is 4.74 Å². The molecule has 0 aromatic carbocycles. The summed E-state index contributed by atoms with van der Waals surface area (Å²) < 4.78 is 8.58. The highest BCUT2D eigenvalue weighted by molar-refractivity contribution is 9.10. The van der Waals surface area contributed by atoms with Crippen molar-refractivity contribution in [2.75, 3.05) is 26.8 Å². The minimum Gasteiger partial charge on any atom is -0.384 e. The first-order valence-corrected chi connectivity index (χ1v) is 7.88. The molecule has 0 aliphatic carbocycles. The Morgan fingerprint density at radius 3 is 2.95 bits per heavy atom. The normalized spacial score (nSPS) is 20.9. The van der Waals surface area contributed by atoms with Gasteiger partial charge in [0.15, 0.2) is 0 Å². The number of halogens is 1. The molecule has 19 heavy (non-hydrogen) atoms. The van der Waals surface area contributed by atoms with E-state index in [-0.39, 0.29) is 0 Å². The highest BCUT2D eigenvalue weighted by atomic mass is 79.9. The molecule has 1 atom stereocenters. The lowest BCUT2D eigenvalue weighted by molar-refractivity contribution is 0.0860. The van der Waals surface area contributed by atoms with E-state index in [0.717, 1.165) is 31.9 Å². The van der Waals surface area contributed by atoms with E-state index in [0.29, 0.717) is 5.92 Å². The first-order valence-electron chi connectivity index (χ1n) is 7.08. The predicted octanol–water partition coefficient (Wildman–Crippen LogP) is 2.83. The standard InChI is InChI=1S/C14H24BrN3O/c1-4-18-13(14(15)11(2)16-18)9-17-7-5-6-12(8-17)10-19-3/h12H,4-10H2,1-3H3. The zero-order valence-electron chi connectivity index (χ0n) is 12.2. The third kappa shape index (κ3) is 3.58. The molecule has 4 nitrogen and oxygen atoms in total. The lowest BCUT2D eigenvalue weighted by Gasteiger charge is -2.32. The molecular formula is C14H24BrN3O. The Morgan fingerprint density at radius 2 is 2.26 bits per heavy atom. The molecule has 1 aliphatic heterocycles. The number of hydrogen-bond acceptors (Lipinski definition) is 3. The molecule has 0 spiro atoms. The number of rotatable bonds is 5. The predicted molar refractivity (Wildman–Crippen MR) is 80.2 cm³/mol. The molecule has 5 heteroatoms. The van der Waals surface area contributed by atoms with Gasteiger partial charge in [0.25, 0.3) is 0 Å². The van der Waals surface area contributed by atoms with E-state index in [1.165, 1.54) is 29.6 Å². The highest BCUT2D eigenvalue weighted by Gasteiger charge is 2.22.